The van der Waals surface area contributed by atoms with E-state index >= 15 is 8.78 Å². The Morgan fingerprint density at radius 1 is 1.09 bits per heavy atom. The number of imidazole rings is 1. The number of aromatic carboxylic acids is 1. The largest absolute Gasteiger partial charge is 0.478 e. The Labute approximate surface area is 259 Å². The van der Waals surface area contributed by atoms with Gasteiger partial charge in [-0.25, -0.2) is 27.9 Å². The predicted molar refractivity (Wildman–Crippen MR) is 159 cm³/mol. The molecule has 45 heavy (non-hydrogen) atoms. The molecule has 0 unspecified atom stereocenters. The third kappa shape index (κ3) is 5.90. The number of hydrogen-bond donors (Lipinski definition) is 1. The van der Waals surface area contributed by atoms with Crippen LogP contribution in [-0.4, -0.2) is 43.4 Å². The molecule has 1 saturated heterocycles. The van der Waals surface area contributed by atoms with Gasteiger partial charge in [-0.2, -0.15) is 0 Å². The third-order valence-electron chi connectivity index (χ3n) is 7.81. The summed E-state index contributed by atoms with van der Waals surface area (Å²) in [6, 6.07) is 11.7. The van der Waals surface area contributed by atoms with Crippen LogP contribution in [0.25, 0.3) is 22.3 Å². The molecule has 2 aromatic carbocycles. The summed E-state index contributed by atoms with van der Waals surface area (Å²) in [5, 5.41) is 9.78. The Kier molecular flexibility index (Phi) is 7.88. The Balaban J connectivity index is 1.34. The molecule has 0 aliphatic carbocycles. The van der Waals surface area contributed by atoms with E-state index in [1.165, 1.54) is 30.3 Å². The Hall–Kier alpha value is -4.68. The van der Waals surface area contributed by atoms with Gasteiger partial charge in [0.25, 0.3) is 5.56 Å². The van der Waals surface area contributed by atoms with Crippen LogP contribution in [0.1, 0.15) is 41.6 Å². The molecule has 0 spiro atoms. The summed E-state index contributed by atoms with van der Waals surface area (Å²) < 4.78 is 58.9. The van der Waals surface area contributed by atoms with Crippen LogP contribution in [0.4, 0.5) is 13.2 Å². The number of aromatic nitrogens is 4. The van der Waals surface area contributed by atoms with Gasteiger partial charge in [0.1, 0.15) is 29.6 Å². The van der Waals surface area contributed by atoms with Crippen LogP contribution in [0.2, 0.25) is 5.02 Å². The highest BCUT2D eigenvalue weighted by Gasteiger charge is 2.39. The fraction of sp³-hybridized carbons (Fsp3) is 0.250. The standard InChI is InChI=1S/C32H26ClF3N4O5/c1-32(2)16-44-15-26(32)40-25-9-18(31(42)43)8-22(35)30(25)38-27(40)13-39-12-23(36)20(11-29(39)41)24-4-3-5-28(37-24)45-14-17-6-7-19(33)10-21(17)34/h3-12,26H,13-16H2,1-2H3,(H,42,43)/t26-/m1/s1. The van der Waals surface area contributed by atoms with Crippen LogP contribution >= 0.6 is 11.6 Å². The molecule has 1 fully saturated rings. The number of pyridine rings is 2. The van der Waals surface area contributed by atoms with Crippen LogP contribution in [0.5, 0.6) is 5.88 Å². The highest BCUT2D eigenvalue weighted by Crippen LogP contribution is 2.40. The first-order chi connectivity index (χ1) is 21.4. The van der Waals surface area contributed by atoms with Gasteiger partial charge in [-0.15, -0.1) is 0 Å². The highest BCUT2D eigenvalue weighted by atomic mass is 35.5. The summed E-state index contributed by atoms with van der Waals surface area (Å²) in [4.78, 5) is 33.7. The first-order valence-corrected chi connectivity index (χ1v) is 14.2. The van der Waals surface area contributed by atoms with Crippen molar-refractivity contribution in [2.24, 2.45) is 5.41 Å². The summed E-state index contributed by atoms with van der Waals surface area (Å²) in [6.45, 7) is 4.17. The second-order valence-electron chi connectivity index (χ2n) is 11.4. The topological polar surface area (TPSA) is 108 Å². The van der Waals surface area contributed by atoms with Crippen molar-refractivity contribution >= 4 is 28.6 Å². The molecule has 9 nitrogen and oxygen atoms in total. The second-order valence-corrected chi connectivity index (χ2v) is 11.9. The molecular formula is C32H26ClF3N4O5. The molecule has 5 aromatic rings. The molecule has 232 valence electrons. The lowest BCUT2D eigenvalue weighted by atomic mass is 9.87. The van der Waals surface area contributed by atoms with Crippen molar-refractivity contribution in [3.05, 3.63) is 111 Å². The van der Waals surface area contributed by atoms with Crippen LogP contribution in [-0.2, 0) is 17.9 Å². The SMILES string of the molecule is CC1(C)COC[C@H]1n1c(Cn2cc(F)c(-c3cccc(OCc4ccc(Cl)cc4F)n3)cc2=O)nc2c(F)cc(C(=O)O)cc21. The molecule has 0 amide bonds. The Bertz CT molecular complexity index is 2030. The minimum atomic E-state index is -1.30. The zero-order chi connectivity index (χ0) is 32.0. The van der Waals surface area contributed by atoms with Gasteiger partial charge in [-0.1, -0.05) is 37.6 Å². The number of benzene rings is 2. The maximum Gasteiger partial charge on any atom is 0.335 e. The second kappa shape index (κ2) is 11.7. The van der Waals surface area contributed by atoms with E-state index in [1.807, 2.05) is 13.8 Å². The average molecular weight is 639 g/mol. The van der Waals surface area contributed by atoms with E-state index in [0.717, 1.165) is 29.0 Å². The number of halogens is 4. The fourth-order valence-electron chi connectivity index (χ4n) is 5.42. The smallest absolute Gasteiger partial charge is 0.335 e. The molecule has 13 heteroatoms. The molecule has 4 heterocycles. The summed E-state index contributed by atoms with van der Waals surface area (Å²) >= 11 is 5.80. The maximum atomic E-state index is 15.6. The lowest BCUT2D eigenvalue weighted by Crippen LogP contribution is -2.29. The molecule has 0 radical (unpaired) electrons. The van der Waals surface area contributed by atoms with E-state index in [1.54, 1.807) is 10.6 Å². The number of carboxylic acid groups (broad SMARTS) is 1. The van der Waals surface area contributed by atoms with E-state index in [0.29, 0.717) is 6.61 Å². The molecule has 1 aliphatic rings. The first-order valence-electron chi connectivity index (χ1n) is 13.9. The van der Waals surface area contributed by atoms with E-state index in [9.17, 15) is 19.1 Å². The van der Waals surface area contributed by atoms with Crippen molar-refractivity contribution in [1.82, 2.24) is 19.1 Å². The number of carbonyl (C=O) groups is 1. The summed E-state index contributed by atoms with van der Waals surface area (Å²) in [5.74, 6) is -3.13. The Morgan fingerprint density at radius 2 is 1.89 bits per heavy atom. The maximum absolute atomic E-state index is 15.6. The number of hydrogen-bond acceptors (Lipinski definition) is 6. The molecule has 0 saturated carbocycles. The van der Waals surface area contributed by atoms with Gasteiger partial charge in [-0.05, 0) is 30.3 Å². The predicted octanol–water partition coefficient (Wildman–Crippen LogP) is 6.25. The summed E-state index contributed by atoms with van der Waals surface area (Å²) in [7, 11) is 0. The van der Waals surface area contributed by atoms with Crippen LogP contribution in [0.3, 0.4) is 0 Å². The molecule has 1 atom stereocenters. The summed E-state index contributed by atoms with van der Waals surface area (Å²) in [5.41, 5.74) is -0.836. The van der Waals surface area contributed by atoms with Gasteiger partial charge >= 0.3 is 5.97 Å². The number of rotatable bonds is 8. The molecule has 3 aromatic heterocycles. The van der Waals surface area contributed by atoms with Gasteiger partial charge in [-0.3, -0.25) is 4.79 Å². The minimum Gasteiger partial charge on any atom is -0.478 e. The molecule has 1 N–H and O–H groups in total. The quantitative estimate of drug-likeness (QED) is 0.214. The van der Waals surface area contributed by atoms with Crippen molar-refractivity contribution in [2.45, 2.75) is 33.0 Å². The third-order valence-corrected chi connectivity index (χ3v) is 8.05. The first kappa shape index (κ1) is 30.4. The van der Waals surface area contributed by atoms with Crippen molar-refractivity contribution in [3.63, 3.8) is 0 Å². The monoisotopic (exact) mass is 638 g/mol. The number of carboxylic acids is 1. The van der Waals surface area contributed by atoms with Gasteiger partial charge in [0, 0.05) is 39.9 Å². The average Bonchev–Trinajstić information content (AvgIpc) is 3.52. The minimum absolute atomic E-state index is 0.0673. The van der Waals surface area contributed by atoms with Gasteiger partial charge in [0.15, 0.2) is 5.82 Å². The van der Waals surface area contributed by atoms with Crippen molar-refractivity contribution < 1.29 is 32.5 Å². The van der Waals surface area contributed by atoms with Crippen LogP contribution < -0.4 is 10.3 Å². The molecule has 0 bridgehead atoms. The number of nitrogens with zero attached hydrogens (tertiary/aromatic N) is 4. The van der Waals surface area contributed by atoms with E-state index in [4.69, 9.17) is 21.1 Å². The highest BCUT2D eigenvalue weighted by molar-refractivity contribution is 6.30. The zero-order valence-electron chi connectivity index (χ0n) is 24.1. The van der Waals surface area contributed by atoms with Crippen molar-refractivity contribution in [1.29, 1.82) is 0 Å². The van der Waals surface area contributed by atoms with Crippen LogP contribution in [0.15, 0.2) is 65.6 Å². The van der Waals surface area contributed by atoms with Gasteiger partial charge in [0.05, 0.1) is 42.6 Å². The Morgan fingerprint density at radius 3 is 2.60 bits per heavy atom. The summed E-state index contributed by atoms with van der Waals surface area (Å²) in [6.07, 6.45) is 1.01. The van der Waals surface area contributed by atoms with Crippen molar-refractivity contribution in [3.8, 4) is 17.1 Å². The van der Waals surface area contributed by atoms with E-state index < -0.39 is 34.4 Å². The van der Waals surface area contributed by atoms with Gasteiger partial charge in [0.2, 0.25) is 5.88 Å². The van der Waals surface area contributed by atoms with Gasteiger partial charge < -0.3 is 23.7 Å². The lowest BCUT2D eigenvalue weighted by molar-refractivity contribution is 0.0696. The van der Waals surface area contributed by atoms with Crippen LogP contribution in [0, 0.1) is 22.9 Å². The molecule has 6 rings (SSSR count). The molecule has 1 aliphatic heterocycles. The van der Waals surface area contributed by atoms with E-state index in [2.05, 4.69) is 9.97 Å². The molecular weight excluding hydrogens is 613 g/mol. The number of ether oxygens (including phenoxy) is 2. The normalized spacial score (nSPS) is 15.9. The van der Waals surface area contributed by atoms with Crippen molar-refractivity contribution in [2.75, 3.05) is 13.2 Å². The van der Waals surface area contributed by atoms with E-state index in [-0.39, 0.29) is 75.9 Å². The number of fused-ring (bicyclic) bond motifs is 1. The lowest BCUT2D eigenvalue weighted by Gasteiger charge is -2.28. The zero-order valence-corrected chi connectivity index (χ0v) is 24.8. The fourth-order valence-corrected chi connectivity index (χ4v) is 5.57.